The van der Waals surface area contributed by atoms with Crippen molar-refractivity contribution in [3.05, 3.63) is 12.7 Å². The van der Waals surface area contributed by atoms with E-state index in [2.05, 4.69) is 13.5 Å². The molecule has 0 N–H and O–H groups in total. The first-order chi connectivity index (χ1) is 6.25. The van der Waals surface area contributed by atoms with Crippen LogP contribution in [0.5, 0.6) is 0 Å². The maximum Gasteiger partial charge on any atom is 0.142 e. The Morgan fingerprint density at radius 3 is 2.62 bits per heavy atom. The van der Waals surface area contributed by atoms with Crippen LogP contribution in [0, 0.1) is 5.41 Å². The molecule has 1 aliphatic carbocycles. The molecule has 0 aromatic heterocycles. The first-order valence-corrected chi connectivity index (χ1v) is 5.42. The van der Waals surface area contributed by atoms with Crippen LogP contribution in [0.3, 0.4) is 0 Å². The largest absolute Gasteiger partial charge is 0.299 e. The lowest BCUT2D eigenvalue weighted by atomic mass is 9.65. The van der Waals surface area contributed by atoms with Crippen molar-refractivity contribution in [2.75, 3.05) is 0 Å². The molecule has 13 heavy (non-hydrogen) atoms. The number of ketones is 1. The monoisotopic (exact) mass is 180 g/mol. The van der Waals surface area contributed by atoms with Crippen molar-refractivity contribution < 1.29 is 4.79 Å². The molecule has 1 aliphatic rings. The van der Waals surface area contributed by atoms with E-state index in [9.17, 15) is 4.79 Å². The van der Waals surface area contributed by atoms with Gasteiger partial charge in [0.2, 0.25) is 0 Å². The van der Waals surface area contributed by atoms with Crippen LogP contribution < -0.4 is 0 Å². The molecule has 0 bridgehead atoms. The zero-order valence-electron chi connectivity index (χ0n) is 8.64. The lowest BCUT2D eigenvalue weighted by molar-refractivity contribution is -0.134. The first-order valence-electron chi connectivity index (χ1n) is 5.42. The molecule has 1 atom stereocenters. The summed E-state index contributed by atoms with van der Waals surface area (Å²) in [4.78, 5) is 11.4. The molecular weight excluding hydrogens is 160 g/mol. The molecule has 0 radical (unpaired) electrons. The summed E-state index contributed by atoms with van der Waals surface area (Å²) in [6.45, 7) is 5.99. The van der Waals surface area contributed by atoms with Crippen molar-refractivity contribution in [1.29, 1.82) is 0 Å². The molecule has 0 unspecified atom stereocenters. The molecular formula is C12H20O. The lowest BCUT2D eigenvalue weighted by Crippen LogP contribution is -2.38. The Balaban J connectivity index is 2.25. The van der Waals surface area contributed by atoms with Crippen LogP contribution in [0.4, 0.5) is 0 Å². The van der Waals surface area contributed by atoms with E-state index in [1.54, 1.807) is 0 Å². The van der Waals surface area contributed by atoms with E-state index in [4.69, 9.17) is 0 Å². The SMILES string of the molecule is C=C[C@@]1(CCCCCC)CCC1=O. The molecule has 0 spiro atoms. The minimum absolute atomic E-state index is 0.103. The highest BCUT2D eigenvalue weighted by Gasteiger charge is 2.42. The van der Waals surface area contributed by atoms with Crippen LogP contribution in [0.1, 0.15) is 51.9 Å². The third-order valence-electron chi connectivity index (χ3n) is 3.22. The molecule has 1 heteroatoms. The van der Waals surface area contributed by atoms with E-state index >= 15 is 0 Å². The highest BCUT2D eigenvalue weighted by Crippen LogP contribution is 2.42. The summed E-state index contributed by atoms with van der Waals surface area (Å²) in [7, 11) is 0. The van der Waals surface area contributed by atoms with E-state index in [0.29, 0.717) is 5.78 Å². The van der Waals surface area contributed by atoms with E-state index in [1.165, 1.54) is 25.7 Å². The van der Waals surface area contributed by atoms with Crippen LogP contribution in [-0.4, -0.2) is 5.78 Å². The maximum atomic E-state index is 11.4. The number of carbonyl (C=O) groups is 1. The summed E-state index contributed by atoms with van der Waals surface area (Å²) in [5.41, 5.74) is -0.103. The summed E-state index contributed by atoms with van der Waals surface area (Å²) < 4.78 is 0. The third-order valence-corrected chi connectivity index (χ3v) is 3.22. The topological polar surface area (TPSA) is 17.1 Å². The smallest absolute Gasteiger partial charge is 0.142 e. The van der Waals surface area contributed by atoms with E-state index in [0.717, 1.165) is 19.3 Å². The summed E-state index contributed by atoms with van der Waals surface area (Å²) in [6, 6.07) is 0. The average molecular weight is 180 g/mol. The number of unbranched alkanes of at least 4 members (excludes halogenated alkanes) is 3. The van der Waals surface area contributed by atoms with Crippen LogP contribution in [0.15, 0.2) is 12.7 Å². The van der Waals surface area contributed by atoms with Crippen LogP contribution in [0.25, 0.3) is 0 Å². The van der Waals surface area contributed by atoms with Gasteiger partial charge in [-0.05, 0) is 12.8 Å². The normalized spacial score (nSPS) is 27.0. The molecule has 0 amide bonds. The quantitative estimate of drug-likeness (QED) is 0.451. The highest BCUT2D eigenvalue weighted by molar-refractivity contribution is 5.92. The fourth-order valence-electron chi connectivity index (χ4n) is 2.00. The van der Waals surface area contributed by atoms with Gasteiger partial charge in [0.25, 0.3) is 0 Å². The van der Waals surface area contributed by atoms with E-state index < -0.39 is 0 Å². The maximum absolute atomic E-state index is 11.4. The Morgan fingerprint density at radius 2 is 2.23 bits per heavy atom. The van der Waals surface area contributed by atoms with Gasteiger partial charge < -0.3 is 0 Å². The minimum atomic E-state index is -0.103. The predicted molar refractivity (Wildman–Crippen MR) is 55.6 cm³/mol. The summed E-state index contributed by atoms with van der Waals surface area (Å²) in [5, 5.41) is 0. The molecule has 74 valence electrons. The van der Waals surface area contributed by atoms with Gasteiger partial charge in [-0.25, -0.2) is 0 Å². The van der Waals surface area contributed by atoms with Gasteiger partial charge in [-0.2, -0.15) is 0 Å². The molecule has 0 heterocycles. The second kappa shape index (κ2) is 4.59. The molecule has 1 nitrogen and oxygen atoms in total. The van der Waals surface area contributed by atoms with Crippen LogP contribution in [0.2, 0.25) is 0 Å². The fraction of sp³-hybridized carbons (Fsp3) is 0.750. The number of hydrogen-bond acceptors (Lipinski definition) is 1. The predicted octanol–water partition coefficient (Wildman–Crippen LogP) is 3.49. The van der Waals surface area contributed by atoms with Gasteiger partial charge >= 0.3 is 0 Å². The van der Waals surface area contributed by atoms with Gasteiger partial charge in [-0.15, -0.1) is 6.58 Å². The minimum Gasteiger partial charge on any atom is -0.299 e. The average Bonchev–Trinajstić information content (AvgIpc) is 2.16. The van der Waals surface area contributed by atoms with Crippen molar-refractivity contribution in [3.63, 3.8) is 0 Å². The van der Waals surface area contributed by atoms with Crippen molar-refractivity contribution in [2.24, 2.45) is 5.41 Å². The second-order valence-electron chi connectivity index (χ2n) is 4.09. The molecule has 0 aromatic carbocycles. The zero-order chi connectivity index (χ0) is 9.73. The number of allylic oxidation sites excluding steroid dienone is 1. The first kappa shape index (κ1) is 10.5. The van der Waals surface area contributed by atoms with Crippen LogP contribution in [-0.2, 0) is 4.79 Å². The van der Waals surface area contributed by atoms with Crippen LogP contribution >= 0.6 is 0 Å². The zero-order valence-corrected chi connectivity index (χ0v) is 8.64. The number of rotatable bonds is 6. The second-order valence-corrected chi connectivity index (χ2v) is 4.09. The van der Waals surface area contributed by atoms with E-state index in [-0.39, 0.29) is 5.41 Å². The summed E-state index contributed by atoms with van der Waals surface area (Å²) >= 11 is 0. The van der Waals surface area contributed by atoms with E-state index in [1.807, 2.05) is 6.08 Å². The Kier molecular flexibility index (Phi) is 3.71. The Labute approximate surface area is 81.2 Å². The lowest BCUT2D eigenvalue weighted by Gasteiger charge is -2.37. The van der Waals surface area contributed by atoms with Gasteiger partial charge in [0.15, 0.2) is 0 Å². The Hall–Kier alpha value is -0.590. The molecule has 1 fully saturated rings. The fourth-order valence-corrected chi connectivity index (χ4v) is 2.00. The van der Waals surface area contributed by atoms with Gasteiger partial charge in [-0.1, -0.05) is 38.7 Å². The molecule has 0 saturated heterocycles. The molecule has 0 aromatic rings. The van der Waals surface area contributed by atoms with Crippen molar-refractivity contribution >= 4 is 5.78 Å². The van der Waals surface area contributed by atoms with Gasteiger partial charge in [0.05, 0.1) is 0 Å². The van der Waals surface area contributed by atoms with Crippen molar-refractivity contribution in [1.82, 2.24) is 0 Å². The van der Waals surface area contributed by atoms with Gasteiger partial charge in [0, 0.05) is 11.8 Å². The third kappa shape index (κ3) is 2.20. The van der Waals surface area contributed by atoms with Crippen molar-refractivity contribution in [3.8, 4) is 0 Å². The summed E-state index contributed by atoms with van der Waals surface area (Å²) in [5.74, 6) is 0.416. The Morgan fingerprint density at radius 1 is 1.46 bits per heavy atom. The van der Waals surface area contributed by atoms with Gasteiger partial charge in [-0.3, -0.25) is 4.79 Å². The highest BCUT2D eigenvalue weighted by atomic mass is 16.1. The Bertz CT molecular complexity index is 195. The summed E-state index contributed by atoms with van der Waals surface area (Å²) in [6.07, 6.45) is 9.74. The number of hydrogen-bond donors (Lipinski definition) is 0. The molecule has 0 aliphatic heterocycles. The number of carbonyl (C=O) groups excluding carboxylic acids is 1. The number of Topliss-reactive ketones (excluding diaryl/α,β-unsaturated/α-hetero) is 1. The molecule has 1 rings (SSSR count). The van der Waals surface area contributed by atoms with Gasteiger partial charge in [0.1, 0.15) is 5.78 Å². The molecule has 1 saturated carbocycles. The standard InChI is InChI=1S/C12H20O/c1-3-5-6-7-9-12(4-2)10-8-11(12)13/h4H,2-3,5-10H2,1H3/t12-/m1/s1. The van der Waals surface area contributed by atoms with Crippen molar-refractivity contribution in [2.45, 2.75) is 51.9 Å².